The monoisotopic (exact) mass is 414 g/mol. The zero-order chi connectivity index (χ0) is 18.0. The number of nitrogens with one attached hydrogen (secondary N) is 2. The Balaban J connectivity index is 0.00000243. The third kappa shape index (κ3) is 5.26. The van der Waals surface area contributed by atoms with Crippen molar-refractivity contribution >= 4 is 11.6 Å². The first-order valence-electron chi connectivity index (χ1n) is 8.07. The summed E-state index contributed by atoms with van der Waals surface area (Å²) < 4.78 is 0. The van der Waals surface area contributed by atoms with Gasteiger partial charge in [-0.05, 0) is 36.1 Å². The molecule has 1 saturated carbocycles. The SMILES string of the molecule is O.O.[CH-]=C[C@H]([CH2-])NC(=O)C1=CC=C(c2ccc(C3(C#N)CC3)cc2)NC1O.[Sc]. The Kier molecular flexibility index (Phi) is 9.71. The van der Waals surface area contributed by atoms with Gasteiger partial charge in [0.1, 0.15) is 0 Å². The molecule has 1 radical (unpaired) electrons. The number of aliphatic hydroxyl groups is 1. The molecule has 0 bridgehead atoms. The van der Waals surface area contributed by atoms with Crippen molar-refractivity contribution in [2.24, 2.45) is 0 Å². The van der Waals surface area contributed by atoms with E-state index in [-0.39, 0.29) is 47.8 Å². The summed E-state index contributed by atoms with van der Waals surface area (Å²) in [5.74, 6) is -0.433. The average molecular weight is 414 g/mol. The van der Waals surface area contributed by atoms with Crippen LogP contribution in [0.15, 0.2) is 48.1 Å². The molecule has 1 aromatic rings. The summed E-state index contributed by atoms with van der Waals surface area (Å²) in [6, 6.07) is 9.54. The number of rotatable bonds is 5. The number of nitrogens with zero attached hydrogens (tertiary/aromatic N) is 1. The fourth-order valence-corrected chi connectivity index (χ4v) is 2.78. The van der Waals surface area contributed by atoms with Crippen molar-refractivity contribution in [1.82, 2.24) is 10.6 Å². The van der Waals surface area contributed by atoms with Crippen molar-refractivity contribution < 1.29 is 46.7 Å². The van der Waals surface area contributed by atoms with Gasteiger partial charge < -0.3 is 40.2 Å². The Hall–Kier alpha value is -2.05. The first-order valence-corrected chi connectivity index (χ1v) is 8.07. The van der Waals surface area contributed by atoms with E-state index >= 15 is 0 Å². The molecule has 147 valence electrons. The molecule has 8 heteroatoms. The summed E-state index contributed by atoms with van der Waals surface area (Å²) in [5.41, 5.74) is 2.47. The molecule has 0 spiro atoms. The quantitative estimate of drug-likeness (QED) is 0.586. The predicted molar refractivity (Wildman–Crippen MR) is 102 cm³/mol. The first kappa shape index (κ1) is 26.0. The molecule has 1 fully saturated rings. The van der Waals surface area contributed by atoms with Crippen LogP contribution < -0.4 is 10.6 Å². The van der Waals surface area contributed by atoms with Gasteiger partial charge >= 0.3 is 0 Å². The van der Waals surface area contributed by atoms with Gasteiger partial charge in [-0.3, -0.25) is 10.9 Å². The Bertz CT molecular complexity index is 808. The number of carbonyl (C=O) groups is 1. The van der Waals surface area contributed by atoms with Crippen LogP contribution in [0, 0.1) is 24.8 Å². The summed E-state index contributed by atoms with van der Waals surface area (Å²) in [6.07, 6.45) is 5.24. The Labute approximate surface area is 183 Å². The van der Waals surface area contributed by atoms with Crippen LogP contribution in [0.1, 0.15) is 24.0 Å². The molecule has 0 saturated heterocycles. The van der Waals surface area contributed by atoms with E-state index < -0.39 is 18.2 Å². The van der Waals surface area contributed by atoms with E-state index in [0.29, 0.717) is 5.70 Å². The number of hydrogen-bond donors (Lipinski definition) is 3. The van der Waals surface area contributed by atoms with Crippen LogP contribution in [0.5, 0.6) is 0 Å². The molecule has 7 N–H and O–H groups in total. The van der Waals surface area contributed by atoms with Crippen molar-refractivity contribution in [2.75, 3.05) is 0 Å². The normalized spacial score (nSPS) is 19.4. The number of carbonyl (C=O) groups excluding carboxylic acids is 1. The van der Waals surface area contributed by atoms with Gasteiger partial charge in [-0.1, -0.05) is 24.3 Å². The predicted octanol–water partition coefficient (Wildman–Crippen LogP) is 0.0869. The molecular weight excluding hydrogens is 391 g/mol. The van der Waals surface area contributed by atoms with E-state index in [2.05, 4.69) is 23.6 Å². The maximum absolute atomic E-state index is 12.1. The molecule has 0 aromatic heterocycles. The van der Waals surface area contributed by atoms with Crippen LogP contribution in [0.25, 0.3) is 5.70 Å². The van der Waals surface area contributed by atoms with E-state index in [0.717, 1.165) is 24.0 Å². The molecule has 1 unspecified atom stereocenters. The van der Waals surface area contributed by atoms with Crippen molar-refractivity contribution in [3.63, 3.8) is 0 Å². The average Bonchev–Trinajstić information content (AvgIpc) is 3.42. The molecule has 1 amide bonds. The molecule has 1 heterocycles. The van der Waals surface area contributed by atoms with Crippen molar-refractivity contribution in [2.45, 2.75) is 30.5 Å². The summed E-state index contributed by atoms with van der Waals surface area (Å²) in [5, 5.41) is 24.9. The van der Waals surface area contributed by atoms with E-state index in [4.69, 9.17) is 6.58 Å². The minimum absolute atomic E-state index is 0. The second-order valence-electron chi connectivity index (χ2n) is 6.29. The van der Waals surface area contributed by atoms with Crippen LogP contribution in [-0.2, 0) is 36.1 Å². The number of hydrogen-bond acceptors (Lipinski definition) is 4. The fourth-order valence-electron chi connectivity index (χ4n) is 2.78. The number of nitriles is 1. The summed E-state index contributed by atoms with van der Waals surface area (Å²) >= 11 is 0. The second kappa shape index (κ2) is 10.5. The zero-order valence-electron chi connectivity index (χ0n) is 15.3. The Morgan fingerprint density at radius 1 is 1.36 bits per heavy atom. The van der Waals surface area contributed by atoms with Gasteiger partial charge in [0.15, 0.2) is 6.23 Å². The molecule has 28 heavy (non-hydrogen) atoms. The van der Waals surface area contributed by atoms with Crippen LogP contribution in [-0.4, -0.2) is 34.2 Å². The van der Waals surface area contributed by atoms with Gasteiger partial charge in [0.2, 0.25) is 5.91 Å². The van der Waals surface area contributed by atoms with Crippen LogP contribution in [0.4, 0.5) is 0 Å². The smallest absolute Gasteiger partial charge is 0.249 e. The maximum Gasteiger partial charge on any atom is 0.249 e. The van der Waals surface area contributed by atoms with Crippen molar-refractivity contribution in [1.29, 1.82) is 5.26 Å². The molecule has 1 aliphatic carbocycles. The molecule has 3 rings (SSSR count). The van der Waals surface area contributed by atoms with Crippen LogP contribution in [0.2, 0.25) is 0 Å². The second-order valence-corrected chi connectivity index (χ2v) is 6.29. The third-order valence-electron chi connectivity index (χ3n) is 4.54. The molecule has 2 aliphatic rings. The van der Waals surface area contributed by atoms with Gasteiger partial charge in [0.25, 0.3) is 0 Å². The van der Waals surface area contributed by atoms with E-state index in [9.17, 15) is 15.2 Å². The number of dihydropyridines is 1. The Morgan fingerprint density at radius 2 is 1.96 bits per heavy atom. The molecule has 1 aliphatic heterocycles. The van der Waals surface area contributed by atoms with Gasteiger partial charge in [-0.15, -0.1) is 6.04 Å². The number of allylic oxidation sites excluding steroid dienone is 2. The summed E-state index contributed by atoms with van der Waals surface area (Å²) in [4.78, 5) is 12.1. The first-order chi connectivity index (χ1) is 12.0. The molecule has 7 nitrogen and oxygen atoms in total. The maximum atomic E-state index is 12.1. The standard InChI is InChI=1S/C20H19N3O2.2H2O.Sc/c1-3-13(2)22-18(24)16-8-9-17(23-19(16)25)14-4-6-15(7-5-14)20(12-21)10-11-20;;;/h1,3-9,13,19,23,25H,2,10-11H2,(H,22,24);2*1H2;/q-2;;;/t13-,19?;;;/m0.../s1. The topological polar surface area (TPSA) is 148 Å². The Morgan fingerprint density at radius 3 is 2.43 bits per heavy atom. The molecule has 1 aromatic carbocycles. The van der Waals surface area contributed by atoms with Crippen molar-refractivity contribution in [3.8, 4) is 6.07 Å². The minimum atomic E-state index is -1.13. The van der Waals surface area contributed by atoms with Crippen LogP contribution in [0.3, 0.4) is 0 Å². The molecular formula is C20H23N3O4Sc-2. The number of aliphatic hydroxyl groups excluding tert-OH is 1. The van der Waals surface area contributed by atoms with E-state index in [1.54, 1.807) is 12.2 Å². The van der Waals surface area contributed by atoms with Gasteiger partial charge in [0, 0.05) is 31.5 Å². The zero-order valence-corrected chi connectivity index (χ0v) is 17.1. The van der Waals surface area contributed by atoms with Crippen molar-refractivity contribution in [3.05, 3.63) is 72.7 Å². The third-order valence-corrected chi connectivity index (χ3v) is 4.54. The molecule has 2 atom stereocenters. The van der Waals surface area contributed by atoms with Gasteiger partial charge in [0.05, 0.1) is 17.1 Å². The number of amides is 1. The van der Waals surface area contributed by atoms with E-state index in [1.807, 2.05) is 24.3 Å². The number of benzene rings is 1. The fraction of sp³-hybridized carbons (Fsp3) is 0.250. The van der Waals surface area contributed by atoms with Crippen LogP contribution >= 0.6 is 0 Å². The largest absolute Gasteiger partial charge is 0.519 e. The summed E-state index contributed by atoms with van der Waals surface area (Å²) in [7, 11) is 0. The minimum Gasteiger partial charge on any atom is -0.519 e. The summed E-state index contributed by atoms with van der Waals surface area (Å²) in [6.45, 7) is 8.95. The van der Waals surface area contributed by atoms with E-state index in [1.165, 1.54) is 6.08 Å². The van der Waals surface area contributed by atoms with Gasteiger partial charge in [-0.25, -0.2) is 0 Å². The van der Waals surface area contributed by atoms with Gasteiger partial charge in [-0.2, -0.15) is 5.26 Å².